The highest BCUT2D eigenvalue weighted by Crippen LogP contribution is 2.16. The maximum atomic E-state index is 12.5. The summed E-state index contributed by atoms with van der Waals surface area (Å²) in [5, 5.41) is 0.657. The molecule has 0 aliphatic rings. The molecule has 1 aromatic carbocycles. The second-order valence-corrected chi connectivity index (χ2v) is 5.61. The van der Waals surface area contributed by atoms with E-state index in [2.05, 4.69) is 27.6 Å². The van der Waals surface area contributed by atoms with Crippen molar-refractivity contribution in [2.75, 3.05) is 6.61 Å². The van der Waals surface area contributed by atoms with E-state index in [1.54, 1.807) is 4.57 Å². The Kier molecular flexibility index (Phi) is 4.79. The van der Waals surface area contributed by atoms with E-state index in [9.17, 15) is 4.79 Å². The van der Waals surface area contributed by atoms with Gasteiger partial charge in [-0.15, -0.1) is 0 Å². The van der Waals surface area contributed by atoms with Crippen LogP contribution in [0.5, 0.6) is 6.01 Å². The molecule has 2 aromatic rings. The fourth-order valence-electron chi connectivity index (χ4n) is 1.90. The van der Waals surface area contributed by atoms with Gasteiger partial charge in [0.2, 0.25) is 0 Å². The van der Waals surface area contributed by atoms with Gasteiger partial charge in [0.25, 0.3) is 11.6 Å². The molecule has 5 heteroatoms. The van der Waals surface area contributed by atoms with E-state index >= 15 is 0 Å². The molecule has 2 rings (SSSR count). The van der Waals surface area contributed by atoms with E-state index < -0.39 is 0 Å². The van der Waals surface area contributed by atoms with Gasteiger partial charge >= 0.3 is 0 Å². The number of benzene rings is 1. The van der Waals surface area contributed by atoms with Gasteiger partial charge < -0.3 is 4.74 Å². The molecule has 0 saturated heterocycles. The number of fused-ring (bicyclic) bond motifs is 1. The first-order valence-corrected chi connectivity index (χ1v) is 7.58. The maximum absolute atomic E-state index is 12.5. The summed E-state index contributed by atoms with van der Waals surface area (Å²) in [6.07, 6.45) is 1.77. The Balaban J connectivity index is 2.63. The first-order chi connectivity index (χ1) is 9.17. The maximum Gasteiger partial charge on any atom is 0.299 e. The van der Waals surface area contributed by atoms with Crippen LogP contribution in [0.25, 0.3) is 10.9 Å². The van der Waals surface area contributed by atoms with E-state index in [1.807, 2.05) is 32.0 Å². The van der Waals surface area contributed by atoms with Crippen molar-refractivity contribution in [3.05, 3.63) is 32.1 Å². The summed E-state index contributed by atoms with van der Waals surface area (Å²) in [7, 11) is 0. The molecule has 0 aliphatic carbocycles. The van der Waals surface area contributed by atoms with Crippen LogP contribution < -0.4 is 10.3 Å². The van der Waals surface area contributed by atoms with Crippen molar-refractivity contribution in [2.24, 2.45) is 0 Å². The second kappa shape index (κ2) is 6.36. The fourth-order valence-corrected chi connectivity index (χ4v) is 2.39. The lowest BCUT2D eigenvalue weighted by atomic mass is 10.2. The van der Waals surface area contributed by atoms with Gasteiger partial charge in [0.15, 0.2) is 0 Å². The molecule has 102 valence electrons. The SMILES string of the molecule is CCCOc1nc2ccc(I)cc2c(=O)n1CCC. The lowest BCUT2D eigenvalue weighted by molar-refractivity contribution is 0.272. The van der Waals surface area contributed by atoms with Crippen LogP contribution in [0, 0.1) is 3.57 Å². The molecule has 1 heterocycles. The van der Waals surface area contributed by atoms with Crippen molar-refractivity contribution < 1.29 is 4.74 Å². The number of hydrogen-bond acceptors (Lipinski definition) is 3. The van der Waals surface area contributed by atoms with Crippen LogP contribution in [0.1, 0.15) is 26.7 Å². The highest BCUT2D eigenvalue weighted by atomic mass is 127. The standard InChI is InChI=1S/C14H17IN2O2/c1-3-7-17-13(18)11-9-10(15)5-6-12(11)16-14(17)19-8-4-2/h5-6,9H,3-4,7-8H2,1-2H3. The lowest BCUT2D eigenvalue weighted by Crippen LogP contribution is -2.24. The van der Waals surface area contributed by atoms with Crippen LogP contribution in [0.4, 0.5) is 0 Å². The summed E-state index contributed by atoms with van der Waals surface area (Å²) in [5.41, 5.74) is 0.681. The van der Waals surface area contributed by atoms with E-state index in [0.717, 1.165) is 16.4 Å². The summed E-state index contributed by atoms with van der Waals surface area (Å²) in [5.74, 6) is 0. The zero-order valence-electron chi connectivity index (χ0n) is 11.1. The van der Waals surface area contributed by atoms with E-state index in [0.29, 0.717) is 30.1 Å². The van der Waals surface area contributed by atoms with Gasteiger partial charge in [-0.3, -0.25) is 9.36 Å². The number of halogens is 1. The molecular formula is C14H17IN2O2. The van der Waals surface area contributed by atoms with Crippen LogP contribution >= 0.6 is 22.6 Å². The molecule has 0 saturated carbocycles. The van der Waals surface area contributed by atoms with Crippen molar-refractivity contribution in [1.29, 1.82) is 0 Å². The number of hydrogen-bond donors (Lipinski definition) is 0. The minimum Gasteiger partial charge on any atom is -0.465 e. The quantitative estimate of drug-likeness (QED) is 0.758. The molecule has 19 heavy (non-hydrogen) atoms. The Bertz CT molecular complexity index is 637. The van der Waals surface area contributed by atoms with Gasteiger partial charge in [0.05, 0.1) is 17.5 Å². The Morgan fingerprint density at radius 2 is 2.11 bits per heavy atom. The summed E-state index contributed by atoms with van der Waals surface area (Å²) in [4.78, 5) is 17.0. The third-order valence-electron chi connectivity index (χ3n) is 2.76. The minimum atomic E-state index is -0.0172. The monoisotopic (exact) mass is 372 g/mol. The molecule has 0 amide bonds. The van der Waals surface area contributed by atoms with Crippen molar-refractivity contribution in [1.82, 2.24) is 9.55 Å². The molecule has 0 N–H and O–H groups in total. The smallest absolute Gasteiger partial charge is 0.299 e. The normalized spacial score (nSPS) is 10.9. The number of rotatable bonds is 5. The van der Waals surface area contributed by atoms with Gasteiger partial charge in [-0.2, -0.15) is 4.98 Å². The Labute approximate surface area is 125 Å². The van der Waals surface area contributed by atoms with E-state index in [1.165, 1.54) is 0 Å². The average molecular weight is 372 g/mol. The van der Waals surface area contributed by atoms with Crippen LogP contribution in [-0.2, 0) is 6.54 Å². The van der Waals surface area contributed by atoms with Gasteiger partial charge in [0, 0.05) is 10.1 Å². The first-order valence-electron chi connectivity index (χ1n) is 6.50. The zero-order chi connectivity index (χ0) is 13.8. The molecular weight excluding hydrogens is 355 g/mol. The highest BCUT2D eigenvalue weighted by Gasteiger charge is 2.11. The Morgan fingerprint density at radius 1 is 1.32 bits per heavy atom. The van der Waals surface area contributed by atoms with Crippen molar-refractivity contribution in [2.45, 2.75) is 33.2 Å². The molecule has 0 aliphatic heterocycles. The second-order valence-electron chi connectivity index (χ2n) is 4.36. The van der Waals surface area contributed by atoms with Crippen molar-refractivity contribution in [3.63, 3.8) is 0 Å². The van der Waals surface area contributed by atoms with E-state index in [4.69, 9.17) is 4.74 Å². The molecule has 1 aromatic heterocycles. The Morgan fingerprint density at radius 3 is 2.79 bits per heavy atom. The third kappa shape index (κ3) is 3.08. The predicted molar refractivity (Wildman–Crippen MR) is 84.8 cm³/mol. The number of nitrogens with zero attached hydrogens (tertiary/aromatic N) is 2. The molecule has 0 fully saturated rings. The summed E-state index contributed by atoms with van der Waals surface area (Å²) in [6.45, 7) is 5.28. The Hall–Kier alpha value is -1.11. The van der Waals surface area contributed by atoms with Gasteiger partial charge in [-0.1, -0.05) is 13.8 Å². The van der Waals surface area contributed by atoms with Crippen LogP contribution in [0.15, 0.2) is 23.0 Å². The van der Waals surface area contributed by atoms with Gasteiger partial charge in [-0.25, -0.2) is 0 Å². The molecule has 4 nitrogen and oxygen atoms in total. The van der Waals surface area contributed by atoms with Gasteiger partial charge in [0.1, 0.15) is 0 Å². The molecule has 0 spiro atoms. The molecule has 0 atom stereocenters. The first kappa shape index (κ1) is 14.3. The average Bonchev–Trinajstić information content (AvgIpc) is 2.41. The third-order valence-corrected chi connectivity index (χ3v) is 3.43. The number of ether oxygens (including phenoxy) is 1. The fraction of sp³-hybridized carbons (Fsp3) is 0.429. The number of aromatic nitrogens is 2. The molecule has 0 radical (unpaired) electrons. The van der Waals surface area contributed by atoms with Crippen molar-refractivity contribution >= 4 is 33.5 Å². The highest BCUT2D eigenvalue weighted by molar-refractivity contribution is 14.1. The lowest BCUT2D eigenvalue weighted by Gasteiger charge is -2.12. The van der Waals surface area contributed by atoms with Gasteiger partial charge in [-0.05, 0) is 53.6 Å². The van der Waals surface area contributed by atoms with Crippen LogP contribution in [0.3, 0.4) is 0 Å². The van der Waals surface area contributed by atoms with Crippen LogP contribution in [0.2, 0.25) is 0 Å². The summed E-state index contributed by atoms with van der Waals surface area (Å²) in [6, 6.07) is 6.12. The van der Waals surface area contributed by atoms with Crippen molar-refractivity contribution in [3.8, 4) is 6.01 Å². The predicted octanol–water partition coefficient (Wildman–Crippen LogP) is 3.20. The van der Waals surface area contributed by atoms with E-state index in [-0.39, 0.29) is 5.56 Å². The summed E-state index contributed by atoms with van der Waals surface area (Å²) >= 11 is 2.20. The minimum absolute atomic E-state index is 0.0172. The zero-order valence-corrected chi connectivity index (χ0v) is 13.3. The largest absolute Gasteiger partial charge is 0.465 e. The molecule has 0 unspecified atom stereocenters. The summed E-state index contributed by atoms with van der Waals surface area (Å²) < 4.78 is 8.28. The van der Waals surface area contributed by atoms with Crippen LogP contribution in [-0.4, -0.2) is 16.2 Å². The topological polar surface area (TPSA) is 44.1 Å². The molecule has 0 bridgehead atoms.